The highest BCUT2D eigenvalue weighted by molar-refractivity contribution is 5.41. The van der Waals surface area contributed by atoms with Crippen molar-refractivity contribution in [2.75, 3.05) is 20.3 Å². The van der Waals surface area contributed by atoms with Crippen LogP contribution in [0.15, 0.2) is 42.5 Å². The van der Waals surface area contributed by atoms with Gasteiger partial charge in [0.2, 0.25) is 0 Å². The predicted molar refractivity (Wildman–Crippen MR) is 102 cm³/mol. The molecule has 3 rings (SSSR count). The molecule has 1 atom stereocenters. The second kappa shape index (κ2) is 8.61. The standard InChI is InChI=1S/C21H27NO5/c1-21(2,11-15-4-7-18(24-3)8-5-15)22-12-17(23)14-25-19-9-6-16-13-26-27-20(16)10-19/h4-10,17,22-23H,11-14H2,1-3H3. The van der Waals surface area contributed by atoms with E-state index >= 15 is 0 Å². The van der Waals surface area contributed by atoms with E-state index in [-0.39, 0.29) is 12.1 Å². The van der Waals surface area contributed by atoms with Gasteiger partial charge in [-0.1, -0.05) is 12.1 Å². The molecule has 0 radical (unpaired) electrons. The molecule has 0 spiro atoms. The Morgan fingerprint density at radius 3 is 2.63 bits per heavy atom. The SMILES string of the molecule is COc1ccc(CC(C)(C)NCC(O)COc2ccc3c(c2)OOC3)cc1. The molecule has 2 aromatic rings. The Balaban J connectivity index is 1.43. The van der Waals surface area contributed by atoms with Gasteiger partial charge >= 0.3 is 0 Å². The molecular weight excluding hydrogens is 346 g/mol. The van der Waals surface area contributed by atoms with Crippen LogP contribution in [0.25, 0.3) is 0 Å². The summed E-state index contributed by atoms with van der Waals surface area (Å²) in [6.45, 7) is 5.32. The van der Waals surface area contributed by atoms with Crippen molar-refractivity contribution in [2.24, 2.45) is 0 Å². The van der Waals surface area contributed by atoms with Crippen molar-refractivity contribution in [2.45, 2.75) is 38.5 Å². The highest BCUT2D eigenvalue weighted by atomic mass is 17.2. The molecule has 0 fully saturated rings. The molecule has 1 unspecified atom stereocenters. The van der Waals surface area contributed by atoms with Crippen LogP contribution in [0.4, 0.5) is 0 Å². The highest BCUT2D eigenvalue weighted by Crippen LogP contribution is 2.30. The van der Waals surface area contributed by atoms with E-state index in [0.717, 1.165) is 17.7 Å². The van der Waals surface area contributed by atoms with Crippen LogP contribution in [0.5, 0.6) is 17.2 Å². The average Bonchev–Trinajstić information content (AvgIpc) is 3.13. The molecular formula is C21H27NO5. The first-order valence-corrected chi connectivity index (χ1v) is 9.06. The van der Waals surface area contributed by atoms with Gasteiger partial charge in [-0.25, -0.2) is 0 Å². The second-order valence-corrected chi connectivity index (χ2v) is 7.37. The van der Waals surface area contributed by atoms with E-state index in [0.29, 0.717) is 24.7 Å². The van der Waals surface area contributed by atoms with E-state index in [1.165, 1.54) is 5.56 Å². The molecule has 146 valence electrons. The van der Waals surface area contributed by atoms with Gasteiger partial charge in [-0.05, 0) is 50.1 Å². The molecule has 1 heterocycles. The summed E-state index contributed by atoms with van der Waals surface area (Å²) in [4.78, 5) is 9.96. The lowest BCUT2D eigenvalue weighted by Gasteiger charge is -2.28. The number of β-amino-alcohol motifs (C(OH)–C–C–N with tert-alkyl or cyclic N) is 1. The van der Waals surface area contributed by atoms with Crippen molar-refractivity contribution >= 4 is 0 Å². The number of benzene rings is 2. The molecule has 0 aliphatic carbocycles. The van der Waals surface area contributed by atoms with Gasteiger partial charge in [0.25, 0.3) is 0 Å². The smallest absolute Gasteiger partial charge is 0.174 e. The molecule has 0 amide bonds. The largest absolute Gasteiger partial charge is 0.497 e. The molecule has 0 saturated heterocycles. The third-order valence-electron chi connectivity index (χ3n) is 4.47. The van der Waals surface area contributed by atoms with E-state index in [9.17, 15) is 5.11 Å². The summed E-state index contributed by atoms with van der Waals surface area (Å²) >= 11 is 0. The van der Waals surface area contributed by atoms with Crippen molar-refractivity contribution in [3.8, 4) is 17.2 Å². The van der Waals surface area contributed by atoms with Crippen molar-refractivity contribution in [1.29, 1.82) is 0 Å². The molecule has 0 bridgehead atoms. The zero-order valence-corrected chi connectivity index (χ0v) is 16.0. The van der Waals surface area contributed by atoms with Gasteiger partial charge in [-0.15, -0.1) is 0 Å². The lowest BCUT2D eigenvalue weighted by Crippen LogP contribution is -2.46. The van der Waals surface area contributed by atoms with Crippen molar-refractivity contribution in [3.63, 3.8) is 0 Å². The van der Waals surface area contributed by atoms with Crippen molar-refractivity contribution < 1.29 is 24.4 Å². The normalized spacial score (nSPS) is 14.4. The van der Waals surface area contributed by atoms with Crippen molar-refractivity contribution in [3.05, 3.63) is 53.6 Å². The highest BCUT2D eigenvalue weighted by Gasteiger charge is 2.20. The van der Waals surface area contributed by atoms with Gasteiger partial charge in [-0.2, -0.15) is 4.89 Å². The average molecular weight is 373 g/mol. The maximum absolute atomic E-state index is 10.2. The lowest BCUT2D eigenvalue weighted by atomic mass is 9.94. The van der Waals surface area contributed by atoms with E-state index in [4.69, 9.17) is 19.2 Å². The quantitative estimate of drug-likeness (QED) is 0.659. The van der Waals surface area contributed by atoms with Crippen LogP contribution in [0, 0.1) is 0 Å². The minimum Gasteiger partial charge on any atom is -0.497 e. The summed E-state index contributed by atoms with van der Waals surface area (Å²) in [6.07, 6.45) is 0.220. The fourth-order valence-corrected chi connectivity index (χ4v) is 2.94. The lowest BCUT2D eigenvalue weighted by molar-refractivity contribution is -0.194. The summed E-state index contributed by atoms with van der Waals surface area (Å²) in [5.74, 6) is 2.16. The fourth-order valence-electron chi connectivity index (χ4n) is 2.94. The summed E-state index contributed by atoms with van der Waals surface area (Å²) in [7, 11) is 1.66. The summed E-state index contributed by atoms with van der Waals surface area (Å²) < 4.78 is 10.9. The number of nitrogens with one attached hydrogen (secondary N) is 1. The molecule has 0 saturated carbocycles. The number of aliphatic hydroxyl groups excluding tert-OH is 1. The monoisotopic (exact) mass is 373 g/mol. The van der Waals surface area contributed by atoms with Gasteiger partial charge < -0.3 is 24.8 Å². The van der Waals surface area contributed by atoms with E-state index in [2.05, 4.69) is 31.3 Å². The summed E-state index contributed by atoms with van der Waals surface area (Å²) in [5, 5.41) is 13.6. The predicted octanol–water partition coefficient (Wildman–Crippen LogP) is 2.87. The van der Waals surface area contributed by atoms with Gasteiger partial charge in [0.1, 0.15) is 30.8 Å². The Morgan fingerprint density at radius 2 is 1.89 bits per heavy atom. The summed E-state index contributed by atoms with van der Waals surface area (Å²) in [6, 6.07) is 13.6. The molecule has 27 heavy (non-hydrogen) atoms. The van der Waals surface area contributed by atoms with Crippen LogP contribution in [0.3, 0.4) is 0 Å². The third kappa shape index (κ3) is 5.60. The van der Waals surface area contributed by atoms with Gasteiger partial charge in [0, 0.05) is 23.7 Å². The van der Waals surface area contributed by atoms with Crippen LogP contribution in [-0.4, -0.2) is 37.0 Å². The molecule has 2 aromatic carbocycles. The zero-order valence-electron chi connectivity index (χ0n) is 16.0. The Hall–Kier alpha value is -2.28. The van der Waals surface area contributed by atoms with Crippen LogP contribution in [0.1, 0.15) is 25.0 Å². The Morgan fingerprint density at radius 1 is 1.15 bits per heavy atom. The number of rotatable bonds is 9. The first-order valence-electron chi connectivity index (χ1n) is 9.06. The third-order valence-corrected chi connectivity index (χ3v) is 4.47. The minimum atomic E-state index is -0.620. The number of methoxy groups -OCH3 is 1. The van der Waals surface area contributed by atoms with E-state index < -0.39 is 6.10 Å². The molecule has 6 nitrogen and oxygen atoms in total. The Kier molecular flexibility index (Phi) is 6.21. The number of hydrogen-bond acceptors (Lipinski definition) is 6. The van der Waals surface area contributed by atoms with Crippen LogP contribution in [-0.2, 0) is 17.9 Å². The van der Waals surface area contributed by atoms with Crippen molar-refractivity contribution in [1.82, 2.24) is 5.32 Å². The van der Waals surface area contributed by atoms with E-state index in [1.54, 1.807) is 13.2 Å². The molecule has 1 aliphatic heterocycles. The molecule has 1 aliphatic rings. The van der Waals surface area contributed by atoms with Crippen LogP contribution in [0.2, 0.25) is 0 Å². The maximum atomic E-state index is 10.2. The minimum absolute atomic E-state index is 0.158. The first kappa shape index (κ1) is 19.5. The maximum Gasteiger partial charge on any atom is 0.174 e. The number of ether oxygens (including phenoxy) is 2. The second-order valence-electron chi connectivity index (χ2n) is 7.37. The zero-order chi connectivity index (χ0) is 19.3. The molecule has 0 aromatic heterocycles. The topological polar surface area (TPSA) is 69.2 Å². The van der Waals surface area contributed by atoms with Gasteiger partial charge in [0.15, 0.2) is 5.75 Å². The van der Waals surface area contributed by atoms with Crippen LogP contribution >= 0.6 is 0 Å². The van der Waals surface area contributed by atoms with Gasteiger partial charge in [0.05, 0.1) is 7.11 Å². The Labute approximate surface area is 159 Å². The number of fused-ring (bicyclic) bond motifs is 1. The molecule has 2 N–H and O–H groups in total. The van der Waals surface area contributed by atoms with E-state index in [1.807, 2.05) is 24.3 Å². The number of hydrogen-bond donors (Lipinski definition) is 2. The summed E-state index contributed by atoms with van der Waals surface area (Å²) in [5.41, 5.74) is 2.04. The Bertz CT molecular complexity index is 745. The van der Waals surface area contributed by atoms with Crippen LogP contribution < -0.4 is 19.7 Å². The van der Waals surface area contributed by atoms with Gasteiger partial charge in [-0.3, -0.25) is 0 Å². The molecule has 6 heteroatoms. The number of aliphatic hydroxyl groups is 1. The fraction of sp³-hybridized carbons (Fsp3) is 0.429. The first-order chi connectivity index (χ1) is 12.9.